The van der Waals surface area contributed by atoms with Crippen LogP contribution in [0, 0.1) is 0 Å². The number of pyridine rings is 1. The Bertz CT molecular complexity index is 731. The topological polar surface area (TPSA) is 59.4 Å². The molecular formula is C17H20N4O2S. The number of carbonyl (C=O) groups excluding carboxylic acids is 1. The average Bonchev–Trinajstić information content (AvgIpc) is 3.13. The Kier molecular flexibility index (Phi) is 4.80. The zero-order valence-electron chi connectivity index (χ0n) is 13.7. The van der Waals surface area contributed by atoms with Gasteiger partial charge in [0.15, 0.2) is 5.11 Å². The number of ether oxygens (including phenoxy) is 1. The number of hydrogen-bond donors (Lipinski definition) is 1. The van der Waals surface area contributed by atoms with E-state index in [1.54, 1.807) is 13.1 Å². The molecule has 0 spiro atoms. The number of esters is 1. The lowest BCUT2D eigenvalue weighted by Crippen LogP contribution is -2.35. The first-order valence-corrected chi connectivity index (χ1v) is 8.26. The van der Waals surface area contributed by atoms with Crippen LogP contribution in [0.15, 0.2) is 42.9 Å². The summed E-state index contributed by atoms with van der Waals surface area (Å²) < 4.78 is 7.07. The highest BCUT2D eigenvalue weighted by atomic mass is 32.1. The molecule has 1 aliphatic rings. The van der Waals surface area contributed by atoms with Crippen LogP contribution in [0.1, 0.15) is 30.3 Å². The molecule has 0 saturated carbocycles. The smallest absolute Gasteiger partial charge is 0.325 e. The summed E-state index contributed by atoms with van der Waals surface area (Å²) in [6.45, 7) is 2.26. The van der Waals surface area contributed by atoms with Crippen molar-refractivity contribution in [2.75, 3.05) is 13.2 Å². The van der Waals surface area contributed by atoms with Crippen molar-refractivity contribution in [3.63, 3.8) is 0 Å². The molecule has 3 heterocycles. The van der Waals surface area contributed by atoms with Crippen LogP contribution in [0.4, 0.5) is 0 Å². The first kappa shape index (κ1) is 16.4. The second kappa shape index (κ2) is 7.00. The van der Waals surface area contributed by atoms with Crippen LogP contribution in [0.2, 0.25) is 0 Å². The molecule has 2 aromatic rings. The molecule has 2 atom stereocenters. The highest BCUT2D eigenvalue weighted by molar-refractivity contribution is 7.80. The third-order valence-electron chi connectivity index (χ3n) is 4.00. The molecule has 1 fully saturated rings. The lowest BCUT2D eigenvalue weighted by molar-refractivity contribution is -0.143. The van der Waals surface area contributed by atoms with Crippen molar-refractivity contribution in [2.45, 2.75) is 19.0 Å². The van der Waals surface area contributed by atoms with Gasteiger partial charge < -0.3 is 19.5 Å². The summed E-state index contributed by atoms with van der Waals surface area (Å²) in [7, 11) is 1.97. The van der Waals surface area contributed by atoms with E-state index in [-0.39, 0.29) is 24.6 Å². The number of aromatic nitrogens is 2. The van der Waals surface area contributed by atoms with Crippen molar-refractivity contribution < 1.29 is 9.53 Å². The van der Waals surface area contributed by atoms with E-state index in [2.05, 4.69) is 10.3 Å². The number of thiocarbonyl (C=S) groups is 1. The van der Waals surface area contributed by atoms with E-state index < -0.39 is 0 Å². The maximum absolute atomic E-state index is 12.0. The van der Waals surface area contributed by atoms with Gasteiger partial charge in [-0.25, -0.2) is 0 Å². The second-order valence-electron chi connectivity index (χ2n) is 5.67. The van der Waals surface area contributed by atoms with Gasteiger partial charge in [-0.3, -0.25) is 9.78 Å². The normalized spacial score (nSPS) is 20.1. The molecule has 0 aromatic carbocycles. The zero-order chi connectivity index (χ0) is 17.1. The summed E-state index contributed by atoms with van der Waals surface area (Å²) in [4.78, 5) is 18.3. The third-order valence-corrected chi connectivity index (χ3v) is 4.35. The quantitative estimate of drug-likeness (QED) is 0.661. The summed E-state index contributed by atoms with van der Waals surface area (Å²) in [6, 6.07) is 7.60. The predicted octanol–water partition coefficient (Wildman–Crippen LogP) is 1.96. The van der Waals surface area contributed by atoms with Crippen molar-refractivity contribution >= 4 is 23.3 Å². The van der Waals surface area contributed by atoms with E-state index >= 15 is 0 Å². The van der Waals surface area contributed by atoms with Gasteiger partial charge in [0.05, 0.1) is 24.4 Å². The molecule has 2 aromatic heterocycles. The maximum Gasteiger partial charge on any atom is 0.325 e. The van der Waals surface area contributed by atoms with Gasteiger partial charge in [0, 0.05) is 25.6 Å². The Labute approximate surface area is 146 Å². The van der Waals surface area contributed by atoms with Gasteiger partial charge >= 0.3 is 5.97 Å². The number of carbonyl (C=O) groups is 1. The van der Waals surface area contributed by atoms with Crippen molar-refractivity contribution in [1.29, 1.82) is 0 Å². The number of rotatable bonds is 5. The van der Waals surface area contributed by atoms with E-state index in [0.717, 1.165) is 11.3 Å². The van der Waals surface area contributed by atoms with Crippen molar-refractivity contribution in [3.05, 3.63) is 54.1 Å². The van der Waals surface area contributed by atoms with Crippen LogP contribution in [-0.2, 0) is 16.6 Å². The average molecular weight is 344 g/mol. The van der Waals surface area contributed by atoms with Gasteiger partial charge in [0.25, 0.3) is 0 Å². The summed E-state index contributed by atoms with van der Waals surface area (Å²) in [5.41, 5.74) is 1.96. The van der Waals surface area contributed by atoms with Crippen LogP contribution < -0.4 is 5.32 Å². The minimum absolute atomic E-state index is 0.113. The fourth-order valence-electron chi connectivity index (χ4n) is 2.98. The van der Waals surface area contributed by atoms with E-state index in [9.17, 15) is 4.79 Å². The molecule has 1 saturated heterocycles. The first-order valence-electron chi connectivity index (χ1n) is 7.85. The third kappa shape index (κ3) is 3.26. The standard InChI is InChI=1S/C17H20N4O2S/c1-3-23-14(22)11-21-16(12-7-9-20(2)10-12)15(19-17(21)24)13-6-4-5-8-18-13/h4-10,15-16H,3,11H2,1-2H3,(H,19,24)/t15-,16+/m1/s1. The van der Waals surface area contributed by atoms with Crippen molar-refractivity contribution in [3.8, 4) is 0 Å². The van der Waals surface area contributed by atoms with Crippen LogP contribution in [-0.4, -0.2) is 38.7 Å². The minimum atomic E-state index is -0.288. The van der Waals surface area contributed by atoms with Gasteiger partial charge in [-0.2, -0.15) is 0 Å². The van der Waals surface area contributed by atoms with Gasteiger partial charge in [0.2, 0.25) is 0 Å². The first-order chi connectivity index (χ1) is 11.6. The Morgan fingerprint density at radius 1 is 1.42 bits per heavy atom. The Hall–Kier alpha value is -2.41. The molecule has 1 N–H and O–H groups in total. The maximum atomic E-state index is 12.0. The molecule has 7 heteroatoms. The summed E-state index contributed by atoms with van der Waals surface area (Å²) in [6.07, 6.45) is 5.78. The monoisotopic (exact) mass is 344 g/mol. The molecule has 1 aliphatic heterocycles. The Morgan fingerprint density at radius 3 is 2.88 bits per heavy atom. The largest absolute Gasteiger partial charge is 0.465 e. The number of nitrogens with zero attached hydrogens (tertiary/aromatic N) is 3. The lowest BCUT2D eigenvalue weighted by Gasteiger charge is -2.26. The number of hydrogen-bond acceptors (Lipinski definition) is 4. The highest BCUT2D eigenvalue weighted by Crippen LogP contribution is 2.38. The van der Waals surface area contributed by atoms with Crippen LogP contribution >= 0.6 is 12.2 Å². The highest BCUT2D eigenvalue weighted by Gasteiger charge is 2.41. The minimum Gasteiger partial charge on any atom is -0.465 e. The van der Waals surface area contributed by atoms with Gasteiger partial charge in [0.1, 0.15) is 6.54 Å². The lowest BCUT2D eigenvalue weighted by atomic mass is 9.99. The molecule has 0 unspecified atom stereocenters. The summed E-state index contributed by atoms with van der Waals surface area (Å²) in [5.74, 6) is -0.288. The van der Waals surface area contributed by atoms with Crippen LogP contribution in [0.3, 0.4) is 0 Å². The molecule has 3 rings (SSSR count). The van der Waals surface area contributed by atoms with Gasteiger partial charge in [-0.05, 0) is 42.9 Å². The molecule has 6 nitrogen and oxygen atoms in total. The molecule has 0 aliphatic carbocycles. The Morgan fingerprint density at radius 2 is 2.25 bits per heavy atom. The zero-order valence-corrected chi connectivity index (χ0v) is 14.5. The van der Waals surface area contributed by atoms with Crippen LogP contribution in [0.5, 0.6) is 0 Å². The molecule has 0 radical (unpaired) electrons. The van der Waals surface area contributed by atoms with E-state index in [4.69, 9.17) is 17.0 Å². The molecule has 24 heavy (non-hydrogen) atoms. The van der Waals surface area contributed by atoms with E-state index in [1.165, 1.54) is 0 Å². The fourth-order valence-corrected chi connectivity index (χ4v) is 3.29. The van der Waals surface area contributed by atoms with Gasteiger partial charge in [-0.1, -0.05) is 6.07 Å². The van der Waals surface area contributed by atoms with Gasteiger partial charge in [-0.15, -0.1) is 0 Å². The summed E-state index contributed by atoms with van der Waals surface area (Å²) in [5, 5.41) is 3.84. The molecule has 0 amide bonds. The summed E-state index contributed by atoms with van der Waals surface area (Å²) >= 11 is 5.48. The molecular weight excluding hydrogens is 324 g/mol. The van der Waals surface area contributed by atoms with Crippen molar-refractivity contribution in [1.82, 2.24) is 19.8 Å². The fraction of sp³-hybridized carbons (Fsp3) is 0.353. The number of nitrogens with one attached hydrogen (secondary N) is 1. The van der Waals surface area contributed by atoms with E-state index in [0.29, 0.717) is 11.7 Å². The van der Waals surface area contributed by atoms with E-state index in [1.807, 2.05) is 53.2 Å². The van der Waals surface area contributed by atoms with Crippen LogP contribution in [0.25, 0.3) is 0 Å². The Balaban J connectivity index is 1.95. The second-order valence-corrected chi connectivity index (χ2v) is 6.06. The molecule has 0 bridgehead atoms. The molecule has 126 valence electrons. The SMILES string of the molecule is CCOC(=O)CN1C(=S)N[C@H](c2ccccn2)[C@@H]1c1ccn(C)c1. The number of aryl methyl sites for hydroxylation is 1. The predicted molar refractivity (Wildman–Crippen MR) is 94.2 cm³/mol. The van der Waals surface area contributed by atoms with Crippen molar-refractivity contribution in [2.24, 2.45) is 7.05 Å².